The molecule has 0 fully saturated rings. The van der Waals surface area contributed by atoms with Crippen molar-refractivity contribution < 1.29 is 9.53 Å². The fraction of sp³-hybridized carbons (Fsp3) is 0.323. The monoisotopic (exact) mass is 440 g/mol. The highest BCUT2D eigenvalue weighted by molar-refractivity contribution is 6.00. The number of ketones is 1. The summed E-state index contributed by atoms with van der Waals surface area (Å²) in [6.45, 7) is 10.7. The standard InChI is InChI=1S/C31H36O2/c1-6-27(7-2)28-10-8-9-11-29(28)31(33-21-26-18-14-23(4)15-19-26)30(24(5)32)20-25-16-12-22(3)13-17-25/h8-19,27H,6-7,20-21H2,1-5H3/b31-30+. The van der Waals surface area contributed by atoms with Gasteiger partial charge < -0.3 is 4.74 Å². The Morgan fingerprint density at radius 1 is 0.788 bits per heavy atom. The first-order valence-electron chi connectivity index (χ1n) is 12.0. The number of carbonyl (C=O) groups is 1. The topological polar surface area (TPSA) is 26.3 Å². The minimum absolute atomic E-state index is 0.0498. The minimum atomic E-state index is 0.0498. The summed E-state index contributed by atoms with van der Waals surface area (Å²) in [5, 5.41) is 0. The summed E-state index contributed by atoms with van der Waals surface area (Å²) in [5.41, 5.74) is 7.65. The zero-order valence-corrected chi connectivity index (χ0v) is 20.7. The molecular weight excluding hydrogens is 404 g/mol. The zero-order chi connectivity index (χ0) is 23.8. The molecule has 0 saturated heterocycles. The molecule has 0 atom stereocenters. The van der Waals surface area contributed by atoms with Crippen molar-refractivity contribution in [2.24, 2.45) is 0 Å². The number of rotatable bonds is 10. The van der Waals surface area contributed by atoms with Gasteiger partial charge in [0.25, 0.3) is 0 Å². The predicted molar refractivity (Wildman–Crippen MR) is 138 cm³/mol. The van der Waals surface area contributed by atoms with Crippen LogP contribution in [-0.2, 0) is 22.6 Å². The van der Waals surface area contributed by atoms with E-state index in [1.54, 1.807) is 6.92 Å². The molecule has 2 heteroatoms. The van der Waals surface area contributed by atoms with Gasteiger partial charge in [0.2, 0.25) is 0 Å². The van der Waals surface area contributed by atoms with Crippen LogP contribution in [-0.4, -0.2) is 5.78 Å². The lowest BCUT2D eigenvalue weighted by molar-refractivity contribution is -0.113. The average Bonchev–Trinajstić information content (AvgIpc) is 2.82. The highest BCUT2D eigenvalue weighted by atomic mass is 16.5. The van der Waals surface area contributed by atoms with Crippen LogP contribution >= 0.6 is 0 Å². The second kappa shape index (κ2) is 11.7. The lowest BCUT2D eigenvalue weighted by Crippen LogP contribution is -2.10. The number of allylic oxidation sites excluding steroid dienone is 1. The van der Waals surface area contributed by atoms with Crippen molar-refractivity contribution in [2.45, 2.75) is 66.4 Å². The van der Waals surface area contributed by atoms with Gasteiger partial charge in [-0.3, -0.25) is 4.79 Å². The zero-order valence-electron chi connectivity index (χ0n) is 20.7. The first-order chi connectivity index (χ1) is 15.9. The number of ether oxygens (including phenoxy) is 1. The van der Waals surface area contributed by atoms with Gasteiger partial charge in [-0.2, -0.15) is 0 Å². The molecule has 0 radical (unpaired) electrons. The van der Waals surface area contributed by atoms with Crippen LogP contribution in [0.4, 0.5) is 0 Å². The third kappa shape index (κ3) is 6.44. The molecule has 0 aliphatic heterocycles. The summed E-state index contributed by atoms with van der Waals surface area (Å²) in [7, 11) is 0. The molecule has 0 aliphatic carbocycles. The average molecular weight is 441 g/mol. The smallest absolute Gasteiger partial charge is 0.159 e. The maximum absolute atomic E-state index is 13.0. The third-order valence-corrected chi connectivity index (χ3v) is 6.34. The quantitative estimate of drug-likeness (QED) is 0.236. The van der Waals surface area contributed by atoms with Gasteiger partial charge >= 0.3 is 0 Å². The molecule has 0 N–H and O–H groups in total. The van der Waals surface area contributed by atoms with Gasteiger partial charge in [0.1, 0.15) is 12.4 Å². The molecule has 0 spiro atoms. The number of aryl methyl sites for hydroxylation is 2. The maximum Gasteiger partial charge on any atom is 0.159 e. The van der Waals surface area contributed by atoms with Crippen LogP contribution in [0.1, 0.15) is 72.9 Å². The van der Waals surface area contributed by atoms with Gasteiger partial charge in [-0.05, 0) is 56.2 Å². The lowest BCUT2D eigenvalue weighted by atomic mass is 9.87. The van der Waals surface area contributed by atoms with Gasteiger partial charge in [0.05, 0.1) is 0 Å². The molecule has 3 aromatic rings. The normalized spacial score (nSPS) is 11.9. The SMILES string of the molecule is CCC(CC)c1ccccc1/C(OCc1ccc(C)cc1)=C(/Cc1ccc(C)cc1)C(C)=O. The molecule has 3 rings (SSSR count). The fourth-order valence-corrected chi connectivity index (χ4v) is 4.23. The highest BCUT2D eigenvalue weighted by Crippen LogP contribution is 2.34. The minimum Gasteiger partial charge on any atom is -0.488 e. The van der Waals surface area contributed by atoms with Gasteiger partial charge in [-0.25, -0.2) is 0 Å². The second-order valence-corrected chi connectivity index (χ2v) is 8.90. The Bertz CT molecular complexity index is 1080. The Morgan fingerprint density at radius 3 is 1.88 bits per heavy atom. The van der Waals surface area contributed by atoms with Crippen molar-refractivity contribution in [1.82, 2.24) is 0 Å². The van der Waals surface area contributed by atoms with Gasteiger partial charge in [0.15, 0.2) is 5.78 Å². The molecule has 3 aromatic carbocycles. The van der Waals surface area contributed by atoms with Crippen molar-refractivity contribution in [3.8, 4) is 0 Å². The van der Waals surface area contributed by atoms with Crippen LogP contribution in [0.2, 0.25) is 0 Å². The van der Waals surface area contributed by atoms with Gasteiger partial charge in [-0.15, -0.1) is 0 Å². The largest absolute Gasteiger partial charge is 0.488 e. The Hall–Kier alpha value is -3.13. The molecule has 0 saturated carbocycles. The Balaban J connectivity index is 2.11. The van der Waals surface area contributed by atoms with Crippen LogP contribution in [0.25, 0.3) is 5.76 Å². The lowest BCUT2D eigenvalue weighted by Gasteiger charge is -2.22. The van der Waals surface area contributed by atoms with E-state index in [9.17, 15) is 4.79 Å². The number of benzene rings is 3. The van der Waals surface area contributed by atoms with Crippen LogP contribution in [0, 0.1) is 13.8 Å². The van der Waals surface area contributed by atoms with E-state index in [1.165, 1.54) is 16.7 Å². The summed E-state index contributed by atoms with van der Waals surface area (Å²) < 4.78 is 6.51. The van der Waals surface area contributed by atoms with Crippen LogP contribution in [0.15, 0.2) is 78.4 Å². The first-order valence-corrected chi connectivity index (χ1v) is 12.0. The molecule has 0 aromatic heterocycles. The van der Waals surface area contributed by atoms with E-state index in [1.807, 2.05) is 6.07 Å². The predicted octanol–water partition coefficient (Wildman–Crippen LogP) is 7.97. The molecule has 0 unspecified atom stereocenters. The van der Waals surface area contributed by atoms with Crippen LogP contribution < -0.4 is 0 Å². The number of carbonyl (C=O) groups excluding carboxylic acids is 1. The molecule has 0 aliphatic rings. The van der Waals surface area contributed by atoms with E-state index in [-0.39, 0.29) is 5.78 Å². The van der Waals surface area contributed by atoms with Crippen molar-refractivity contribution in [1.29, 1.82) is 0 Å². The van der Waals surface area contributed by atoms with Crippen molar-refractivity contribution >= 4 is 11.5 Å². The summed E-state index contributed by atoms with van der Waals surface area (Å²) in [6.07, 6.45) is 2.65. The van der Waals surface area contributed by atoms with E-state index < -0.39 is 0 Å². The van der Waals surface area contributed by atoms with E-state index in [0.717, 1.165) is 35.1 Å². The van der Waals surface area contributed by atoms with Crippen molar-refractivity contribution in [2.75, 3.05) is 0 Å². The second-order valence-electron chi connectivity index (χ2n) is 8.90. The molecular formula is C31H36O2. The highest BCUT2D eigenvalue weighted by Gasteiger charge is 2.21. The summed E-state index contributed by atoms with van der Waals surface area (Å²) in [4.78, 5) is 13.0. The van der Waals surface area contributed by atoms with Gasteiger partial charge in [-0.1, -0.05) is 97.8 Å². The first kappa shape index (κ1) is 24.5. The van der Waals surface area contributed by atoms with Crippen LogP contribution in [0.5, 0.6) is 0 Å². The molecule has 172 valence electrons. The third-order valence-electron chi connectivity index (χ3n) is 6.34. The van der Waals surface area contributed by atoms with Gasteiger partial charge in [0, 0.05) is 17.6 Å². The molecule has 2 nitrogen and oxygen atoms in total. The van der Waals surface area contributed by atoms with E-state index in [2.05, 4.69) is 94.4 Å². The number of hydrogen-bond acceptors (Lipinski definition) is 2. The fourth-order valence-electron chi connectivity index (χ4n) is 4.23. The maximum atomic E-state index is 13.0. The molecule has 33 heavy (non-hydrogen) atoms. The Kier molecular flexibility index (Phi) is 8.65. The summed E-state index contributed by atoms with van der Waals surface area (Å²) in [5.74, 6) is 1.19. The number of Topliss-reactive ketones (excluding diaryl/α,β-unsaturated/α-hetero) is 1. The van der Waals surface area contributed by atoms with Crippen molar-refractivity contribution in [3.05, 3.63) is 112 Å². The Labute approximate surface area is 199 Å². The Morgan fingerprint density at radius 2 is 1.33 bits per heavy atom. The molecule has 0 amide bonds. The van der Waals surface area contributed by atoms with E-state index in [0.29, 0.717) is 24.7 Å². The molecule has 0 heterocycles. The number of hydrogen-bond donors (Lipinski definition) is 0. The van der Waals surface area contributed by atoms with Crippen molar-refractivity contribution in [3.63, 3.8) is 0 Å². The van der Waals surface area contributed by atoms with Crippen LogP contribution in [0.3, 0.4) is 0 Å². The van der Waals surface area contributed by atoms with E-state index >= 15 is 0 Å². The van der Waals surface area contributed by atoms with E-state index in [4.69, 9.17) is 4.74 Å². The summed E-state index contributed by atoms with van der Waals surface area (Å²) in [6, 6.07) is 25.2. The summed E-state index contributed by atoms with van der Waals surface area (Å²) >= 11 is 0. The molecule has 0 bridgehead atoms.